The van der Waals surface area contributed by atoms with E-state index in [4.69, 9.17) is 4.74 Å². The third-order valence-corrected chi connectivity index (χ3v) is 3.06. The molecule has 0 spiro atoms. The predicted octanol–water partition coefficient (Wildman–Crippen LogP) is 1.78. The Morgan fingerprint density at radius 2 is 1.84 bits per heavy atom. The van der Waals surface area contributed by atoms with Gasteiger partial charge >= 0.3 is 6.03 Å². The first-order chi connectivity index (χ1) is 8.91. The summed E-state index contributed by atoms with van der Waals surface area (Å²) in [4.78, 5) is 23.0. The highest BCUT2D eigenvalue weighted by Gasteiger charge is 2.43. The van der Waals surface area contributed by atoms with E-state index in [-0.39, 0.29) is 5.91 Å². The van der Waals surface area contributed by atoms with Crippen molar-refractivity contribution in [2.45, 2.75) is 26.3 Å². The summed E-state index contributed by atoms with van der Waals surface area (Å²) in [6.07, 6.45) is 0. The molecule has 5 heteroatoms. The van der Waals surface area contributed by atoms with Gasteiger partial charge < -0.3 is 10.1 Å². The molecule has 0 saturated carbocycles. The van der Waals surface area contributed by atoms with Crippen LogP contribution >= 0.6 is 0 Å². The monoisotopic (exact) mass is 262 g/mol. The molecule has 2 N–H and O–H groups in total. The van der Waals surface area contributed by atoms with Gasteiger partial charge in [0.1, 0.15) is 11.3 Å². The van der Waals surface area contributed by atoms with Crippen LogP contribution in [0.2, 0.25) is 0 Å². The molecule has 0 unspecified atom stereocenters. The molecule has 19 heavy (non-hydrogen) atoms. The lowest BCUT2D eigenvalue weighted by Gasteiger charge is -2.21. The molecule has 0 aliphatic carbocycles. The van der Waals surface area contributed by atoms with Crippen molar-refractivity contribution in [1.29, 1.82) is 0 Å². The van der Waals surface area contributed by atoms with Gasteiger partial charge in [0.25, 0.3) is 5.91 Å². The first-order valence-electron chi connectivity index (χ1n) is 6.29. The quantitative estimate of drug-likeness (QED) is 0.813. The molecule has 1 aliphatic heterocycles. The van der Waals surface area contributed by atoms with E-state index in [1.807, 2.05) is 0 Å². The molecular weight excluding hydrogens is 244 g/mol. The molecule has 1 atom stereocenters. The van der Waals surface area contributed by atoms with Crippen molar-refractivity contribution in [3.05, 3.63) is 29.8 Å². The molecule has 5 nitrogen and oxygen atoms in total. The standard InChI is InChI=1S/C14H18N2O3/c1-9(2)8-19-11-6-4-10(5-7-11)14(3)12(17)15-13(18)16-14/h4-7,9H,8H2,1-3H3,(H2,15,16,17,18)/t14-/m1/s1. The molecule has 3 amide bonds. The molecule has 0 radical (unpaired) electrons. The zero-order valence-corrected chi connectivity index (χ0v) is 11.3. The van der Waals surface area contributed by atoms with E-state index in [2.05, 4.69) is 24.5 Å². The molecule has 1 saturated heterocycles. The van der Waals surface area contributed by atoms with Crippen LogP contribution < -0.4 is 15.4 Å². The second-order valence-electron chi connectivity index (χ2n) is 5.26. The van der Waals surface area contributed by atoms with Gasteiger partial charge in [-0.3, -0.25) is 10.1 Å². The van der Waals surface area contributed by atoms with E-state index in [9.17, 15) is 9.59 Å². The second kappa shape index (κ2) is 4.91. The Hall–Kier alpha value is -2.04. The van der Waals surface area contributed by atoms with Gasteiger partial charge in [0.2, 0.25) is 0 Å². The van der Waals surface area contributed by atoms with Gasteiger partial charge in [-0.2, -0.15) is 0 Å². The molecule has 1 aromatic rings. The van der Waals surface area contributed by atoms with Gasteiger partial charge in [-0.15, -0.1) is 0 Å². The summed E-state index contributed by atoms with van der Waals surface area (Å²) >= 11 is 0. The van der Waals surface area contributed by atoms with Gasteiger partial charge in [0.15, 0.2) is 0 Å². The zero-order chi connectivity index (χ0) is 14.0. The summed E-state index contributed by atoms with van der Waals surface area (Å²) in [7, 11) is 0. The zero-order valence-electron chi connectivity index (χ0n) is 11.3. The van der Waals surface area contributed by atoms with Crippen molar-refractivity contribution in [2.75, 3.05) is 6.61 Å². The third kappa shape index (κ3) is 2.70. The Bertz CT molecular complexity index is 496. The lowest BCUT2D eigenvalue weighted by molar-refractivity contribution is -0.123. The van der Waals surface area contributed by atoms with Gasteiger partial charge in [-0.25, -0.2) is 4.79 Å². The number of urea groups is 1. The fourth-order valence-electron chi connectivity index (χ4n) is 1.89. The fourth-order valence-corrected chi connectivity index (χ4v) is 1.89. The van der Waals surface area contributed by atoms with Crippen LogP contribution in [-0.4, -0.2) is 18.5 Å². The van der Waals surface area contributed by atoms with Crippen LogP contribution in [0.3, 0.4) is 0 Å². The minimum absolute atomic E-state index is 0.339. The Labute approximate surface area is 112 Å². The maximum Gasteiger partial charge on any atom is 0.322 e. The third-order valence-electron chi connectivity index (χ3n) is 3.06. The highest BCUT2D eigenvalue weighted by molar-refractivity contribution is 6.07. The van der Waals surface area contributed by atoms with E-state index >= 15 is 0 Å². The summed E-state index contributed by atoms with van der Waals surface area (Å²) in [5, 5.41) is 4.87. The topological polar surface area (TPSA) is 67.4 Å². The first kappa shape index (κ1) is 13.4. The summed E-state index contributed by atoms with van der Waals surface area (Å²) in [6.45, 7) is 6.48. The van der Waals surface area contributed by atoms with Crippen LogP contribution in [0, 0.1) is 5.92 Å². The van der Waals surface area contributed by atoms with Crippen molar-refractivity contribution in [2.24, 2.45) is 5.92 Å². The van der Waals surface area contributed by atoms with Crippen molar-refractivity contribution in [3.8, 4) is 5.75 Å². The lowest BCUT2D eigenvalue weighted by atomic mass is 9.92. The number of nitrogens with one attached hydrogen (secondary N) is 2. The summed E-state index contributed by atoms with van der Waals surface area (Å²) in [6, 6.07) is 6.73. The van der Waals surface area contributed by atoms with Crippen LogP contribution in [0.1, 0.15) is 26.3 Å². The van der Waals surface area contributed by atoms with E-state index in [1.54, 1.807) is 31.2 Å². The molecule has 0 aromatic heterocycles. The minimum Gasteiger partial charge on any atom is -0.493 e. The first-order valence-corrected chi connectivity index (χ1v) is 6.29. The summed E-state index contributed by atoms with van der Waals surface area (Å²) < 4.78 is 5.58. The van der Waals surface area contributed by atoms with Crippen LogP contribution in [-0.2, 0) is 10.3 Å². The molecular formula is C14H18N2O3. The smallest absolute Gasteiger partial charge is 0.322 e. The maximum absolute atomic E-state index is 11.8. The highest BCUT2D eigenvalue weighted by Crippen LogP contribution is 2.26. The van der Waals surface area contributed by atoms with E-state index in [0.29, 0.717) is 12.5 Å². The fraction of sp³-hybridized carbons (Fsp3) is 0.429. The number of imide groups is 1. The molecule has 1 heterocycles. The maximum atomic E-state index is 11.8. The van der Waals surface area contributed by atoms with Crippen LogP contribution in [0.25, 0.3) is 0 Å². The SMILES string of the molecule is CC(C)COc1ccc([C@@]2(C)NC(=O)NC2=O)cc1. The Balaban J connectivity index is 2.14. The number of rotatable bonds is 4. The van der Waals surface area contributed by atoms with Crippen LogP contribution in [0.15, 0.2) is 24.3 Å². The second-order valence-corrected chi connectivity index (χ2v) is 5.26. The van der Waals surface area contributed by atoms with Crippen molar-refractivity contribution >= 4 is 11.9 Å². The van der Waals surface area contributed by atoms with Crippen molar-refractivity contribution in [1.82, 2.24) is 10.6 Å². The van der Waals surface area contributed by atoms with Gasteiger partial charge in [0.05, 0.1) is 6.61 Å². The molecule has 102 valence electrons. The van der Waals surface area contributed by atoms with Gasteiger partial charge in [-0.1, -0.05) is 26.0 Å². The van der Waals surface area contributed by atoms with E-state index < -0.39 is 11.6 Å². The summed E-state index contributed by atoms with van der Waals surface area (Å²) in [5.74, 6) is 0.872. The Morgan fingerprint density at radius 3 is 2.32 bits per heavy atom. The lowest BCUT2D eigenvalue weighted by Crippen LogP contribution is -2.40. The van der Waals surface area contributed by atoms with E-state index in [0.717, 1.165) is 11.3 Å². The number of hydrogen-bond donors (Lipinski definition) is 2. The van der Waals surface area contributed by atoms with E-state index in [1.165, 1.54) is 0 Å². The molecule has 2 rings (SSSR count). The summed E-state index contributed by atoms with van der Waals surface area (Å²) in [5.41, 5.74) is -0.277. The molecule has 0 bridgehead atoms. The predicted molar refractivity (Wildman–Crippen MR) is 70.8 cm³/mol. The number of hydrogen-bond acceptors (Lipinski definition) is 3. The Morgan fingerprint density at radius 1 is 1.21 bits per heavy atom. The highest BCUT2D eigenvalue weighted by atomic mass is 16.5. The average molecular weight is 262 g/mol. The van der Waals surface area contributed by atoms with Gasteiger partial charge in [-0.05, 0) is 30.5 Å². The normalized spacial score (nSPS) is 22.3. The number of carbonyl (C=O) groups excluding carboxylic acids is 2. The average Bonchev–Trinajstić information content (AvgIpc) is 2.62. The minimum atomic E-state index is -1.01. The number of ether oxygens (including phenoxy) is 1. The largest absolute Gasteiger partial charge is 0.493 e. The molecule has 1 fully saturated rings. The number of benzene rings is 1. The molecule has 1 aliphatic rings. The van der Waals surface area contributed by atoms with Crippen LogP contribution in [0.4, 0.5) is 4.79 Å². The number of amides is 3. The van der Waals surface area contributed by atoms with Crippen LogP contribution in [0.5, 0.6) is 5.75 Å². The van der Waals surface area contributed by atoms with Crippen molar-refractivity contribution in [3.63, 3.8) is 0 Å². The number of carbonyl (C=O) groups is 2. The van der Waals surface area contributed by atoms with Crippen molar-refractivity contribution < 1.29 is 14.3 Å². The molecule has 1 aromatic carbocycles. The Kier molecular flexibility index (Phi) is 3.46. The van der Waals surface area contributed by atoms with Gasteiger partial charge in [0, 0.05) is 0 Å².